The normalized spacial score (nSPS) is 21.1. The van der Waals surface area contributed by atoms with Crippen LogP contribution in [0.15, 0.2) is 49.3 Å². The Morgan fingerprint density at radius 1 is 1.36 bits per heavy atom. The van der Waals surface area contributed by atoms with Crippen molar-refractivity contribution in [1.29, 1.82) is 0 Å². The summed E-state index contributed by atoms with van der Waals surface area (Å²) in [6.45, 7) is 5.55. The van der Waals surface area contributed by atoms with Crippen molar-refractivity contribution in [2.24, 2.45) is 11.3 Å². The number of nitrogens with zero attached hydrogens (tertiary/aromatic N) is 3. The number of hydrogen-bond donors (Lipinski definition) is 2. The Morgan fingerprint density at radius 3 is 2.97 bits per heavy atom. The first kappa shape index (κ1) is 21.4. The number of nitrogens with one attached hydrogen (secondary N) is 2. The molecule has 0 radical (unpaired) electrons. The first-order chi connectivity index (χ1) is 15.9. The van der Waals surface area contributed by atoms with Gasteiger partial charge in [-0.1, -0.05) is 36.1 Å². The molecule has 2 atom stereocenters. The van der Waals surface area contributed by atoms with E-state index in [1.165, 1.54) is 18.5 Å². The lowest BCUT2D eigenvalue weighted by molar-refractivity contribution is -0.111. The van der Waals surface area contributed by atoms with Crippen LogP contribution in [0.2, 0.25) is 5.02 Å². The van der Waals surface area contributed by atoms with Gasteiger partial charge in [0.15, 0.2) is 5.82 Å². The minimum absolute atomic E-state index is 0.00479. The molecule has 5 rings (SSSR count). The molecule has 3 aromatic rings. The van der Waals surface area contributed by atoms with Gasteiger partial charge in [0.2, 0.25) is 5.91 Å². The van der Waals surface area contributed by atoms with Crippen molar-refractivity contribution in [2.75, 3.05) is 30.8 Å². The molecule has 33 heavy (non-hydrogen) atoms. The van der Waals surface area contributed by atoms with E-state index >= 15 is 0 Å². The van der Waals surface area contributed by atoms with Gasteiger partial charge in [0, 0.05) is 23.9 Å². The summed E-state index contributed by atoms with van der Waals surface area (Å²) in [5, 5.41) is 6.41. The van der Waals surface area contributed by atoms with E-state index in [1.807, 2.05) is 6.07 Å². The van der Waals surface area contributed by atoms with Gasteiger partial charge in [0.1, 0.15) is 12.1 Å². The van der Waals surface area contributed by atoms with Gasteiger partial charge >= 0.3 is 0 Å². The summed E-state index contributed by atoms with van der Waals surface area (Å²) in [6.07, 6.45) is 3.70. The number of benzene rings is 2. The van der Waals surface area contributed by atoms with Crippen LogP contribution in [0.4, 0.5) is 21.6 Å². The summed E-state index contributed by atoms with van der Waals surface area (Å²) in [4.78, 5) is 23.0. The predicted molar refractivity (Wildman–Crippen MR) is 128 cm³/mol. The van der Waals surface area contributed by atoms with E-state index in [4.69, 9.17) is 11.6 Å². The van der Waals surface area contributed by atoms with Crippen LogP contribution in [0.3, 0.4) is 0 Å². The molecule has 2 heterocycles. The zero-order valence-corrected chi connectivity index (χ0v) is 18.7. The number of anilines is 3. The smallest absolute Gasteiger partial charge is 0.247 e. The first-order valence-electron chi connectivity index (χ1n) is 10.5. The van der Waals surface area contributed by atoms with E-state index in [2.05, 4.69) is 51.0 Å². The molecule has 2 fully saturated rings. The van der Waals surface area contributed by atoms with Gasteiger partial charge in [-0.25, -0.2) is 14.4 Å². The average Bonchev–Trinajstić information content (AvgIpc) is 3.36. The number of amides is 1. The molecule has 2 N–H and O–H groups in total. The van der Waals surface area contributed by atoms with Crippen LogP contribution < -0.4 is 10.6 Å². The molecule has 1 aliphatic carbocycles. The number of aromatic nitrogens is 2. The Bertz CT molecular complexity index is 1360. The summed E-state index contributed by atoms with van der Waals surface area (Å²) >= 11 is 5.91. The highest BCUT2D eigenvalue weighted by Crippen LogP contribution is 2.56. The van der Waals surface area contributed by atoms with Crippen molar-refractivity contribution in [3.63, 3.8) is 0 Å². The number of likely N-dealkylation sites (tertiary alicyclic amines) is 1. The zero-order valence-electron chi connectivity index (χ0n) is 18.0. The fourth-order valence-electron chi connectivity index (χ4n) is 4.44. The van der Waals surface area contributed by atoms with Crippen molar-refractivity contribution in [2.45, 2.75) is 6.42 Å². The SMILES string of the molecule is C=CC(=O)Nc1cc2c(Nc3cccc(Cl)c3F)ncnc2cc1C#C[C@]12CC1CN(C)C2. The van der Waals surface area contributed by atoms with E-state index in [1.54, 1.807) is 18.2 Å². The Morgan fingerprint density at radius 2 is 2.21 bits per heavy atom. The average molecular weight is 462 g/mol. The van der Waals surface area contributed by atoms with E-state index in [0.717, 1.165) is 19.5 Å². The molecule has 1 unspecified atom stereocenters. The second-order valence-electron chi connectivity index (χ2n) is 8.56. The second-order valence-corrected chi connectivity index (χ2v) is 8.97. The van der Waals surface area contributed by atoms with Crippen LogP contribution in [-0.4, -0.2) is 40.9 Å². The fourth-order valence-corrected chi connectivity index (χ4v) is 4.62. The third-order valence-corrected chi connectivity index (χ3v) is 6.48. The molecule has 8 heteroatoms. The third-order valence-electron chi connectivity index (χ3n) is 6.18. The number of fused-ring (bicyclic) bond motifs is 2. The summed E-state index contributed by atoms with van der Waals surface area (Å²) in [7, 11) is 2.11. The molecular weight excluding hydrogens is 441 g/mol. The van der Waals surface area contributed by atoms with Crippen LogP contribution in [0.1, 0.15) is 12.0 Å². The molecule has 2 aromatic carbocycles. The molecule has 1 aromatic heterocycles. The molecule has 0 spiro atoms. The third kappa shape index (κ3) is 4.04. The number of halogens is 2. The summed E-state index contributed by atoms with van der Waals surface area (Å²) in [6, 6.07) is 8.24. The first-order valence-corrected chi connectivity index (χ1v) is 10.9. The highest BCUT2D eigenvalue weighted by Gasteiger charge is 2.58. The van der Waals surface area contributed by atoms with Crippen LogP contribution >= 0.6 is 11.6 Å². The molecule has 2 aliphatic rings. The van der Waals surface area contributed by atoms with Gasteiger partial charge < -0.3 is 15.5 Å². The van der Waals surface area contributed by atoms with Gasteiger partial charge in [-0.2, -0.15) is 0 Å². The summed E-state index contributed by atoms with van der Waals surface area (Å²) < 4.78 is 14.4. The van der Waals surface area contributed by atoms with Gasteiger partial charge in [0.25, 0.3) is 0 Å². The molecule has 1 amide bonds. The molecule has 1 saturated carbocycles. The van der Waals surface area contributed by atoms with Gasteiger partial charge in [-0.15, -0.1) is 0 Å². The zero-order chi connectivity index (χ0) is 23.2. The Balaban J connectivity index is 1.57. The van der Waals surface area contributed by atoms with Crippen molar-refractivity contribution in [3.05, 3.63) is 65.7 Å². The Hall–Kier alpha value is -3.47. The monoisotopic (exact) mass is 461 g/mol. The summed E-state index contributed by atoms with van der Waals surface area (Å²) in [5.74, 6) is 6.79. The Kier molecular flexibility index (Phi) is 5.28. The van der Waals surface area contributed by atoms with Crippen molar-refractivity contribution < 1.29 is 9.18 Å². The van der Waals surface area contributed by atoms with Gasteiger partial charge in [-0.05, 0) is 49.7 Å². The number of hydrogen-bond acceptors (Lipinski definition) is 5. The minimum Gasteiger partial charge on any atom is -0.337 e. The molecular formula is C25H21ClFN5O. The number of carbonyl (C=O) groups excluding carboxylic acids is 1. The van der Waals surface area contributed by atoms with E-state index in [-0.39, 0.29) is 22.0 Å². The molecule has 166 valence electrons. The topological polar surface area (TPSA) is 70.1 Å². The standard InChI is InChI=1S/C25H21ClFN5O/c1-3-22(33)30-20-10-17-21(9-15(20)7-8-25-11-16(25)12-32(2)13-25)28-14-29-24(17)31-19-6-4-5-18(26)23(19)27/h3-6,9-10,14,16H,1,11-13H2,2H3,(H,30,33)(H,28,29,31)/t16?,25-/m1/s1. The van der Waals surface area contributed by atoms with Crippen molar-refractivity contribution in [3.8, 4) is 11.8 Å². The van der Waals surface area contributed by atoms with E-state index < -0.39 is 5.82 Å². The predicted octanol–water partition coefficient (Wildman–Crippen LogP) is 4.59. The quantitative estimate of drug-likeness (QED) is 0.439. The van der Waals surface area contributed by atoms with E-state index in [9.17, 15) is 9.18 Å². The highest BCUT2D eigenvalue weighted by molar-refractivity contribution is 6.31. The molecule has 1 aliphatic heterocycles. The molecule has 6 nitrogen and oxygen atoms in total. The maximum atomic E-state index is 14.4. The lowest BCUT2D eigenvalue weighted by Crippen LogP contribution is -2.19. The van der Waals surface area contributed by atoms with Crippen molar-refractivity contribution >= 4 is 45.6 Å². The number of carbonyl (C=O) groups is 1. The second kappa shape index (κ2) is 8.14. The summed E-state index contributed by atoms with van der Waals surface area (Å²) in [5.41, 5.74) is 2.01. The largest absolute Gasteiger partial charge is 0.337 e. The van der Waals surface area contributed by atoms with Gasteiger partial charge in [-0.3, -0.25) is 4.79 Å². The van der Waals surface area contributed by atoms with E-state index in [0.29, 0.717) is 33.9 Å². The lowest BCUT2D eigenvalue weighted by Gasteiger charge is -2.13. The molecule has 0 bridgehead atoms. The molecule has 1 saturated heterocycles. The number of rotatable bonds is 4. The Labute approximate surface area is 195 Å². The maximum absolute atomic E-state index is 14.4. The highest BCUT2D eigenvalue weighted by atomic mass is 35.5. The minimum atomic E-state index is -0.576. The maximum Gasteiger partial charge on any atom is 0.247 e. The van der Waals surface area contributed by atoms with Crippen LogP contribution in [0, 0.1) is 29.0 Å². The van der Waals surface area contributed by atoms with Crippen LogP contribution in [0.25, 0.3) is 10.9 Å². The van der Waals surface area contributed by atoms with Crippen LogP contribution in [0.5, 0.6) is 0 Å². The fraction of sp³-hybridized carbons (Fsp3) is 0.240. The van der Waals surface area contributed by atoms with Crippen molar-refractivity contribution in [1.82, 2.24) is 14.9 Å². The number of piperidine rings is 1. The lowest BCUT2D eigenvalue weighted by atomic mass is 10.0. The van der Waals surface area contributed by atoms with Crippen LogP contribution in [-0.2, 0) is 4.79 Å². The van der Waals surface area contributed by atoms with Gasteiger partial charge in [0.05, 0.1) is 27.5 Å².